The molecule has 3 N–H and O–H groups in total. The Morgan fingerprint density at radius 2 is 2.23 bits per heavy atom. The number of carbonyl (C=O) groups is 1. The minimum absolute atomic E-state index is 0.0175. The monoisotopic (exact) mass is 187 g/mol. The first-order valence-electron chi connectivity index (χ1n) is 4.28. The minimum Gasteiger partial charge on any atom is -0.466 e. The second-order valence-electron chi connectivity index (χ2n) is 2.72. The summed E-state index contributed by atoms with van der Waals surface area (Å²) in [7, 11) is 1.72. The SMILES string of the molecule is CCOC(=O)CCCN(C)C(=N)N. The van der Waals surface area contributed by atoms with Gasteiger partial charge >= 0.3 is 5.97 Å². The number of guanidine groups is 1. The number of hydrogen-bond acceptors (Lipinski definition) is 3. The quantitative estimate of drug-likeness (QED) is 0.365. The molecule has 0 aliphatic heterocycles. The normalized spacial score (nSPS) is 9.38. The van der Waals surface area contributed by atoms with Crippen molar-refractivity contribution in [2.24, 2.45) is 5.73 Å². The Bertz CT molecular complexity index is 182. The van der Waals surface area contributed by atoms with Gasteiger partial charge in [0.1, 0.15) is 0 Å². The maximum Gasteiger partial charge on any atom is 0.305 e. The highest BCUT2D eigenvalue weighted by atomic mass is 16.5. The minimum atomic E-state index is -0.195. The number of ether oxygens (including phenoxy) is 1. The number of nitrogens with two attached hydrogens (primary N) is 1. The second kappa shape index (κ2) is 6.28. The van der Waals surface area contributed by atoms with E-state index >= 15 is 0 Å². The molecule has 0 aliphatic rings. The molecule has 0 amide bonds. The Morgan fingerprint density at radius 3 is 2.69 bits per heavy atom. The summed E-state index contributed by atoms with van der Waals surface area (Å²) < 4.78 is 4.74. The van der Waals surface area contributed by atoms with Crippen molar-refractivity contribution in [1.82, 2.24) is 4.90 Å². The first-order valence-corrected chi connectivity index (χ1v) is 4.28. The van der Waals surface area contributed by atoms with Crippen LogP contribution in [0.15, 0.2) is 0 Å². The molecule has 76 valence electrons. The van der Waals surface area contributed by atoms with Gasteiger partial charge in [-0.2, -0.15) is 0 Å². The van der Waals surface area contributed by atoms with Crippen LogP contribution in [0.5, 0.6) is 0 Å². The Kier molecular flexibility index (Phi) is 5.67. The van der Waals surface area contributed by atoms with E-state index in [0.717, 1.165) is 0 Å². The number of nitrogens with zero attached hydrogens (tertiary/aromatic N) is 1. The van der Waals surface area contributed by atoms with Crippen molar-refractivity contribution in [3.8, 4) is 0 Å². The lowest BCUT2D eigenvalue weighted by atomic mass is 10.3. The first-order chi connectivity index (χ1) is 6.07. The number of rotatable bonds is 5. The fourth-order valence-corrected chi connectivity index (χ4v) is 0.814. The zero-order valence-corrected chi connectivity index (χ0v) is 8.17. The molecular weight excluding hydrogens is 170 g/mol. The molecule has 5 heteroatoms. The third-order valence-corrected chi connectivity index (χ3v) is 1.59. The summed E-state index contributed by atoms with van der Waals surface area (Å²) in [6, 6.07) is 0. The van der Waals surface area contributed by atoms with Crippen LogP contribution in [-0.4, -0.2) is 37.0 Å². The highest BCUT2D eigenvalue weighted by Crippen LogP contribution is 1.94. The van der Waals surface area contributed by atoms with E-state index in [4.69, 9.17) is 15.9 Å². The molecule has 0 aromatic heterocycles. The average Bonchev–Trinajstić information content (AvgIpc) is 2.04. The lowest BCUT2D eigenvalue weighted by Crippen LogP contribution is -2.33. The summed E-state index contributed by atoms with van der Waals surface area (Å²) in [5.41, 5.74) is 5.20. The molecule has 0 saturated heterocycles. The van der Waals surface area contributed by atoms with Crippen molar-refractivity contribution in [3.63, 3.8) is 0 Å². The zero-order valence-electron chi connectivity index (χ0n) is 8.17. The molecule has 0 unspecified atom stereocenters. The Balaban J connectivity index is 3.44. The molecule has 0 bridgehead atoms. The highest BCUT2D eigenvalue weighted by Gasteiger charge is 2.03. The highest BCUT2D eigenvalue weighted by molar-refractivity contribution is 5.74. The Morgan fingerprint density at radius 1 is 1.62 bits per heavy atom. The predicted octanol–water partition coefficient (Wildman–Crippen LogP) is 0.155. The zero-order chi connectivity index (χ0) is 10.3. The van der Waals surface area contributed by atoms with Crippen LogP contribution in [0.1, 0.15) is 19.8 Å². The van der Waals surface area contributed by atoms with Gasteiger partial charge in [-0.1, -0.05) is 0 Å². The molecule has 13 heavy (non-hydrogen) atoms. The fourth-order valence-electron chi connectivity index (χ4n) is 0.814. The summed E-state index contributed by atoms with van der Waals surface area (Å²) in [5.74, 6) is -0.177. The molecule has 0 rings (SSSR count). The van der Waals surface area contributed by atoms with E-state index in [2.05, 4.69) is 0 Å². The van der Waals surface area contributed by atoms with E-state index in [1.54, 1.807) is 18.9 Å². The van der Waals surface area contributed by atoms with Crippen LogP contribution < -0.4 is 5.73 Å². The molecule has 5 nitrogen and oxygen atoms in total. The van der Waals surface area contributed by atoms with Crippen LogP contribution in [0.2, 0.25) is 0 Å². The summed E-state index contributed by atoms with van der Waals surface area (Å²) in [6.07, 6.45) is 1.04. The molecule has 0 aromatic rings. The van der Waals surface area contributed by atoms with Crippen molar-refractivity contribution in [2.75, 3.05) is 20.2 Å². The summed E-state index contributed by atoms with van der Waals surface area (Å²) >= 11 is 0. The van der Waals surface area contributed by atoms with Crippen LogP contribution in [0, 0.1) is 5.41 Å². The van der Waals surface area contributed by atoms with Crippen LogP contribution in [0.25, 0.3) is 0 Å². The molecule has 0 aliphatic carbocycles. The first kappa shape index (κ1) is 11.7. The third kappa shape index (κ3) is 5.95. The van der Waals surface area contributed by atoms with Crippen molar-refractivity contribution in [1.29, 1.82) is 5.41 Å². The summed E-state index contributed by atoms with van der Waals surface area (Å²) in [4.78, 5) is 12.5. The molecule has 0 atom stereocenters. The van der Waals surface area contributed by atoms with Gasteiger partial charge in [0.25, 0.3) is 0 Å². The predicted molar refractivity (Wildman–Crippen MR) is 50.4 cm³/mol. The van der Waals surface area contributed by atoms with E-state index in [9.17, 15) is 4.79 Å². The van der Waals surface area contributed by atoms with Crippen molar-refractivity contribution in [2.45, 2.75) is 19.8 Å². The van der Waals surface area contributed by atoms with Crippen molar-refractivity contribution >= 4 is 11.9 Å². The van der Waals surface area contributed by atoms with E-state index in [1.165, 1.54) is 0 Å². The molecule has 0 heterocycles. The van der Waals surface area contributed by atoms with Gasteiger partial charge in [0, 0.05) is 20.0 Å². The lowest BCUT2D eigenvalue weighted by Gasteiger charge is -2.15. The van der Waals surface area contributed by atoms with E-state index < -0.39 is 0 Å². The van der Waals surface area contributed by atoms with Gasteiger partial charge < -0.3 is 15.4 Å². The smallest absolute Gasteiger partial charge is 0.305 e. The van der Waals surface area contributed by atoms with Crippen LogP contribution in [0.4, 0.5) is 0 Å². The van der Waals surface area contributed by atoms with Gasteiger partial charge in [0.2, 0.25) is 0 Å². The lowest BCUT2D eigenvalue weighted by molar-refractivity contribution is -0.143. The van der Waals surface area contributed by atoms with Crippen LogP contribution in [0.3, 0.4) is 0 Å². The number of carbonyl (C=O) groups excluding carboxylic acids is 1. The maximum absolute atomic E-state index is 10.9. The van der Waals surface area contributed by atoms with E-state index in [-0.39, 0.29) is 11.9 Å². The van der Waals surface area contributed by atoms with Gasteiger partial charge in [-0.3, -0.25) is 10.2 Å². The number of nitrogens with one attached hydrogen (secondary N) is 1. The molecule has 0 radical (unpaired) electrons. The molecule has 0 aromatic carbocycles. The molecule has 0 fully saturated rings. The van der Waals surface area contributed by atoms with Gasteiger partial charge in [-0.25, -0.2) is 0 Å². The summed E-state index contributed by atoms with van der Waals surface area (Å²) in [5, 5.41) is 7.05. The number of esters is 1. The van der Waals surface area contributed by atoms with Gasteiger partial charge in [-0.05, 0) is 13.3 Å². The van der Waals surface area contributed by atoms with Crippen molar-refractivity contribution < 1.29 is 9.53 Å². The van der Waals surface area contributed by atoms with E-state index in [1.807, 2.05) is 0 Å². The fraction of sp³-hybridized carbons (Fsp3) is 0.750. The standard InChI is InChI=1S/C8H17N3O2/c1-3-13-7(12)5-4-6-11(2)8(9)10/h3-6H2,1-2H3,(H3,9,10). The topological polar surface area (TPSA) is 79.4 Å². The second-order valence-corrected chi connectivity index (χ2v) is 2.72. The third-order valence-electron chi connectivity index (χ3n) is 1.59. The Labute approximate surface area is 78.4 Å². The van der Waals surface area contributed by atoms with Crippen LogP contribution >= 0.6 is 0 Å². The average molecular weight is 187 g/mol. The molecule has 0 saturated carbocycles. The molecular formula is C8H17N3O2. The van der Waals surface area contributed by atoms with Crippen LogP contribution in [-0.2, 0) is 9.53 Å². The molecule has 0 spiro atoms. The van der Waals surface area contributed by atoms with Gasteiger partial charge in [0.05, 0.1) is 6.61 Å². The largest absolute Gasteiger partial charge is 0.466 e. The van der Waals surface area contributed by atoms with E-state index in [0.29, 0.717) is 26.0 Å². The summed E-state index contributed by atoms with van der Waals surface area (Å²) in [6.45, 7) is 2.80. The van der Waals surface area contributed by atoms with Crippen molar-refractivity contribution in [3.05, 3.63) is 0 Å². The number of hydrogen-bond donors (Lipinski definition) is 2. The van der Waals surface area contributed by atoms with Gasteiger partial charge in [-0.15, -0.1) is 0 Å². The maximum atomic E-state index is 10.9. The van der Waals surface area contributed by atoms with Gasteiger partial charge in [0.15, 0.2) is 5.96 Å². The Hall–Kier alpha value is -1.26.